The van der Waals surface area contributed by atoms with Crippen LogP contribution in [-0.2, 0) is 6.42 Å². The molecule has 0 fully saturated rings. The van der Waals surface area contributed by atoms with Gasteiger partial charge in [-0.1, -0.05) is 40.2 Å². The summed E-state index contributed by atoms with van der Waals surface area (Å²) >= 11 is 3.16. The lowest BCUT2D eigenvalue weighted by atomic mass is 10.0. The monoisotopic (exact) mass is 312 g/mol. The quantitative estimate of drug-likeness (QED) is 0.908. The van der Waals surface area contributed by atoms with Crippen molar-refractivity contribution in [1.82, 2.24) is 0 Å². The van der Waals surface area contributed by atoms with E-state index in [0.29, 0.717) is 10.0 Å². The minimum Gasteiger partial charge on any atom is -0.388 e. The third-order valence-electron chi connectivity index (χ3n) is 2.69. The topological polar surface area (TPSA) is 20.2 Å². The Kier molecular flexibility index (Phi) is 4.09. The van der Waals surface area contributed by atoms with Crippen molar-refractivity contribution in [3.8, 4) is 0 Å². The summed E-state index contributed by atoms with van der Waals surface area (Å²) in [5.41, 5.74) is 0.536. The van der Waals surface area contributed by atoms with Crippen LogP contribution in [0.1, 0.15) is 17.2 Å². The van der Waals surface area contributed by atoms with Gasteiger partial charge < -0.3 is 5.11 Å². The maximum atomic E-state index is 13.6. The summed E-state index contributed by atoms with van der Waals surface area (Å²) in [7, 11) is 0. The Bertz CT molecular complexity index is 557. The molecule has 2 aromatic rings. The van der Waals surface area contributed by atoms with Crippen LogP contribution in [0.3, 0.4) is 0 Å². The van der Waals surface area contributed by atoms with E-state index in [2.05, 4.69) is 15.9 Å². The molecule has 0 amide bonds. The SMILES string of the molecule is OC(Cc1ccc(Br)cc1F)c1ccccc1F. The fraction of sp³-hybridized carbons (Fsp3) is 0.143. The number of hydrogen-bond donors (Lipinski definition) is 1. The third-order valence-corrected chi connectivity index (χ3v) is 3.19. The van der Waals surface area contributed by atoms with Crippen LogP contribution >= 0.6 is 15.9 Å². The van der Waals surface area contributed by atoms with Crippen LogP contribution in [0.4, 0.5) is 8.78 Å². The molecule has 0 bridgehead atoms. The first-order valence-corrected chi connectivity index (χ1v) is 6.23. The Hall–Kier alpha value is -1.26. The van der Waals surface area contributed by atoms with Crippen LogP contribution in [-0.4, -0.2) is 5.11 Å². The molecular weight excluding hydrogens is 302 g/mol. The summed E-state index contributed by atoms with van der Waals surface area (Å²) in [6.45, 7) is 0. The number of rotatable bonds is 3. The van der Waals surface area contributed by atoms with E-state index >= 15 is 0 Å². The molecule has 2 aromatic carbocycles. The number of aliphatic hydroxyl groups excluding tert-OH is 1. The summed E-state index contributed by atoms with van der Waals surface area (Å²) in [4.78, 5) is 0. The van der Waals surface area contributed by atoms with Gasteiger partial charge >= 0.3 is 0 Å². The Morgan fingerprint density at radius 2 is 1.78 bits per heavy atom. The van der Waals surface area contributed by atoms with Crippen LogP contribution < -0.4 is 0 Å². The van der Waals surface area contributed by atoms with Crippen LogP contribution in [0.5, 0.6) is 0 Å². The molecule has 1 nitrogen and oxygen atoms in total. The molecule has 0 heterocycles. The summed E-state index contributed by atoms with van der Waals surface area (Å²) in [5.74, 6) is -0.901. The van der Waals surface area contributed by atoms with Gasteiger partial charge in [0, 0.05) is 16.5 Å². The van der Waals surface area contributed by atoms with Crippen molar-refractivity contribution in [2.75, 3.05) is 0 Å². The van der Waals surface area contributed by atoms with E-state index in [-0.39, 0.29) is 12.0 Å². The summed E-state index contributed by atoms with van der Waals surface area (Å²) in [6.07, 6.45) is -1.01. The minimum atomic E-state index is -1.05. The molecule has 0 aromatic heterocycles. The predicted molar refractivity (Wildman–Crippen MR) is 69.2 cm³/mol. The number of benzene rings is 2. The number of aliphatic hydroxyl groups is 1. The molecule has 1 atom stereocenters. The zero-order valence-corrected chi connectivity index (χ0v) is 11.0. The van der Waals surface area contributed by atoms with E-state index in [9.17, 15) is 13.9 Å². The van der Waals surface area contributed by atoms with Crippen molar-refractivity contribution >= 4 is 15.9 Å². The highest BCUT2D eigenvalue weighted by atomic mass is 79.9. The maximum Gasteiger partial charge on any atom is 0.129 e. The maximum absolute atomic E-state index is 13.6. The largest absolute Gasteiger partial charge is 0.388 e. The molecule has 0 radical (unpaired) electrons. The van der Waals surface area contributed by atoms with Gasteiger partial charge in [0.25, 0.3) is 0 Å². The summed E-state index contributed by atoms with van der Waals surface area (Å²) < 4.78 is 27.7. The van der Waals surface area contributed by atoms with Crippen LogP contribution in [0, 0.1) is 11.6 Å². The first kappa shape index (κ1) is 13.2. The molecule has 0 spiro atoms. The smallest absolute Gasteiger partial charge is 0.129 e. The first-order valence-electron chi connectivity index (χ1n) is 5.44. The lowest BCUT2D eigenvalue weighted by Gasteiger charge is -2.12. The molecular formula is C14H11BrF2O. The minimum absolute atomic E-state index is 0.0417. The van der Waals surface area contributed by atoms with Crippen molar-refractivity contribution in [1.29, 1.82) is 0 Å². The van der Waals surface area contributed by atoms with Gasteiger partial charge in [-0.2, -0.15) is 0 Å². The van der Waals surface area contributed by atoms with Crippen molar-refractivity contribution in [3.63, 3.8) is 0 Å². The van der Waals surface area contributed by atoms with Crippen LogP contribution in [0.2, 0.25) is 0 Å². The summed E-state index contributed by atoms with van der Waals surface area (Å²) in [6, 6.07) is 10.5. The van der Waals surface area contributed by atoms with Crippen molar-refractivity contribution in [3.05, 3.63) is 69.7 Å². The molecule has 0 saturated carbocycles. The van der Waals surface area contributed by atoms with E-state index in [0.717, 1.165) is 0 Å². The Morgan fingerprint density at radius 1 is 1.06 bits per heavy atom. The van der Waals surface area contributed by atoms with Gasteiger partial charge in [0.2, 0.25) is 0 Å². The molecule has 1 N–H and O–H groups in total. The van der Waals surface area contributed by atoms with E-state index in [1.165, 1.54) is 18.2 Å². The van der Waals surface area contributed by atoms with Crippen LogP contribution in [0.25, 0.3) is 0 Å². The highest BCUT2D eigenvalue weighted by Crippen LogP contribution is 2.23. The predicted octanol–water partition coefficient (Wildman–Crippen LogP) is 4.00. The van der Waals surface area contributed by atoms with Gasteiger partial charge in [-0.3, -0.25) is 0 Å². The van der Waals surface area contributed by atoms with Gasteiger partial charge in [0.1, 0.15) is 11.6 Å². The first-order chi connectivity index (χ1) is 8.58. The summed E-state index contributed by atoms with van der Waals surface area (Å²) in [5, 5.41) is 9.93. The van der Waals surface area contributed by atoms with Crippen LogP contribution in [0.15, 0.2) is 46.9 Å². The molecule has 0 aliphatic heterocycles. The highest BCUT2D eigenvalue weighted by molar-refractivity contribution is 9.10. The number of halogens is 3. The van der Waals surface area contributed by atoms with E-state index in [1.54, 1.807) is 24.3 Å². The van der Waals surface area contributed by atoms with Crippen molar-refractivity contribution < 1.29 is 13.9 Å². The van der Waals surface area contributed by atoms with E-state index < -0.39 is 17.7 Å². The van der Waals surface area contributed by atoms with Gasteiger partial charge in [-0.15, -0.1) is 0 Å². The molecule has 0 aliphatic carbocycles. The second kappa shape index (κ2) is 5.59. The molecule has 4 heteroatoms. The number of hydrogen-bond acceptors (Lipinski definition) is 1. The Balaban J connectivity index is 2.21. The third kappa shape index (κ3) is 2.94. The zero-order chi connectivity index (χ0) is 13.1. The van der Waals surface area contributed by atoms with Gasteiger partial charge in [-0.25, -0.2) is 8.78 Å². The molecule has 0 saturated heterocycles. The molecule has 94 valence electrons. The Labute approximate surface area is 112 Å². The fourth-order valence-electron chi connectivity index (χ4n) is 1.75. The Morgan fingerprint density at radius 3 is 2.44 bits per heavy atom. The molecule has 18 heavy (non-hydrogen) atoms. The second-order valence-electron chi connectivity index (χ2n) is 3.98. The zero-order valence-electron chi connectivity index (χ0n) is 9.41. The van der Waals surface area contributed by atoms with Gasteiger partial charge in [0.15, 0.2) is 0 Å². The van der Waals surface area contributed by atoms with Gasteiger partial charge in [-0.05, 0) is 23.8 Å². The van der Waals surface area contributed by atoms with Gasteiger partial charge in [0.05, 0.1) is 6.10 Å². The van der Waals surface area contributed by atoms with Crippen molar-refractivity contribution in [2.45, 2.75) is 12.5 Å². The van der Waals surface area contributed by atoms with E-state index in [4.69, 9.17) is 0 Å². The highest BCUT2D eigenvalue weighted by Gasteiger charge is 2.15. The van der Waals surface area contributed by atoms with Crippen molar-refractivity contribution in [2.24, 2.45) is 0 Å². The standard InChI is InChI=1S/C14H11BrF2O/c15-10-6-5-9(13(17)8-10)7-14(18)11-3-1-2-4-12(11)16/h1-6,8,14,18H,7H2. The average molecular weight is 313 g/mol. The molecule has 1 unspecified atom stereocenters. The van der Waals surface area contributed by atoms with E-state index in [1.807, 2.05) is 0 Å². The lowest BCUT2D eigenvalue weighted by Crippen LogP contribution is -2.05. The lowest BCUT2D eigenvalue weighted by molar-refractivity contribution is 0.172. The normalized spacial score (nSPS) is 12.4. The molecule has 0 aliphatic rings. The second-order valence-corrected chi connectivity index (χ2v) is 4.89. The fourth-order valence-corrected chi connectivity index (χ4v) is 2.08. The molecule has 2 rings (SSSR count). The average Bonchev–Trinajstić information content (AvgIpc) is 2.33.